The number of rotatable bonds is 6. The Labute approximate surface area is 251 Å². The summed E-state index contributed by atoms with van der Waals surface area (Å²) in [5.41, 5.74) is 3.74. The molecule has 0 unspecified atom stereocenters. The van der Waals surface area contributed by atoms with Crippen LogP contribution in [0.1, 0.15) is 38.9 Å². The maximum absolute atomic E-state index is 12.8. The van der Waals surface area contributed by atoms with Gasteiger partial charge in [0.25, 0.3) is 5.91 Å². The van der Waals surface area contributed by atoms with E-state index in [2.05, 4.69) is 10.2 Å². The van der Waals surface area contributed by atoms with Crippen molar-refractivity contribution in [3.05, 3.63) is 94.8 Å². The molecule has 0 aliphatic carbocycles. The zero-order valence-corrected chi connectivity index (χ0v) is 24.3. The van der Waals surface area contributed by atoms with Gasteiger partial charge in [0.05, 0.1) is 40.3 Å². The van der Waals surface area contributed by atoms with E-state index in [1.165, 1.54) is 41.4 Å². The molecule has 0 saturated carbocycles. The van der Waals surface area contributed by atoms with Gasteiger partial charge in [0, 0.05) is 11.8 Å². The molecule has 0 bridgehead atoms. The third-order valence-corrected chi connectivity index (χ3v) is 5.25. The molecule has 3 aromatic rings. The molecule has 9 nitrogen and oxygen atoms in total. The van der Waals surface area contributed by atoms with Crippen LogP contribution in [0.2, 0.25) is 0 Å². The summed E-state index contributed by atoms with van der Waals surface area (Å²) in [5.74, 6) is -2.87. The molecule has 0 radical (unpaired) electrons. The molecule has 36 heavy (non-hydrogen) atoms. The number of hydrazone groups is 1. The molecule has 0 atom stereocenters. The van der Waals surface area contributed by atoms with Crippen molar-refractivity contribution >= 4 is 35.3 Å². The van der Waals surface area contributed by atoms with E-state index in [1.807, 2.05) is 6.92 Å². The Bertz CT molecular complexity index is 1390. The van der Waals surface area contributed by atoms with E-state index >= 15 is 0 Å². The molecule has 0 N–H and O–H groups in total. The molecule has 2 heterocycles. The van der Waals surface area contributed by atoms with E-state index in [4.69, 9.17) is 0 Å². The number of amides is 1. The van der Waals surface area contributed by atoms with E-state index in [-0.39, 0.29) is 76.1 Å². The van der Waals surface area contributed by atoms with Crippen LogP contribution in [0.25, 0.3) is 11.8 Å². The van der Waals surface area contributed by atoms with Crippen LogP contribution >= 0.6 is 0 Å². The predicted octanol–water partition coefficient (Wildman–Crippen LogP) is -4.72. The van der Waals surface area contributed by atoms with Crippen molar-refractivity contribution < 1.29 is 83.7 Å². The topological polar surface area (TPSA) is 131 Å². The summed E-state index contributed by atoms with van der Waals surface area (Å²) in [7, 11) is 0. The van der Waals surface area contributed by atoms with Gasteiger partial charge in [-0.25, -0.2) is 4.68 Å². The van der Waals surface area contributed by atoms with Crippen molar-refractivity contribution in [2.75, 3.05) is 5.01 Å². The normalized spacial score (nSPS) is 13.9. The van der Waals surface area contributed by atoms with Gasteiger partial charge in [-0.05, 0) is 55.3 Å². The van der Waals surface area contributed by atoms with Crippen molar-refractivity contribution in [2.45, 2.75) is 13.8 Å². The number of hydrogen-bond donors (Lipinski definition) is 0. The number of aromatic nitrogens is 2. The van der Waals surface area contributed by atoms with Gasteiger partial charge < -0.3 is 19.8 Å². The molecule has 2 aromatic carbocycles. The molecule has 1 aliphatic rings. The van der Waals surface area contributed by atoms with Gasteiger partial charge in [-0.15, -0.1) is 0 Å². The number of anilines is 1. The fourth-order valence-corrected chi connectivity index (χ4v) is 3.39. The van der Waals surface area contributed by atoms with Crippen LogP contribution in [0.15, 0.2) is 77.6 Å². The Kier molecular flexibility index (Phi) is 10.2. The second-order valence-electron chi connectivity index (χ2n) is 7.52. The van der Waals surface area contributed by atoms with Crippen molar-refractivity contribution in [1.29, 1.82) is 0 Å². The Morgan fingerprint density at radius 2 is 1.39 bits per heavy atom. The molecule has 0 fully saturated rings. The monoisotopic (exact) mass is 500 g/mol. The number of carbonyl (C=O) groups excluding carboxylic acids is 3. The molecular formula is C25H18N4Na2O5. The summed E-state index contributed by atoms with van der Waals surface area (Å²) in [6, 6.07) is 11.9. The Morgan fingerprint density at radius 3 is 1.92 bits per heavy atom. The smallest absolute Gasteiger partial charge is 0.545 e. The van der Waals surface area contributed by atoms with Crippen molar-refractivity contribution in [3.8, 4) is 5.69 Å². The first kappa shape index (κ1) is 29.4. The van der Waals surface area contributed by atoms with Crippen molar-refractivity contribution in [1.82, 2.24) is 9.78 Å². The number of carboxylic acid groups (broad SMARTS) is 2. The molecule has 0 spiro atoms. The number of carbonyl (C=O) groups is 3. The molecule has 0 saturated heterocycles. The van der Waals surface area contributed by atoms with E-state index < -0.39 is 11.9 Å². The summed E-state index contributed by atoms with van der Waals surface area (Å²) >= 11 is 0. The zero-order chi connectivity index (χ0) is 24.4. The van der Waals surface area contributed by atoms with Crippen LogP contribution in [0.3, 0.4) is 0 Å². The average molecular weight is 500 g/mol. The summed E-state index contributed by atoms with van der Waals surface area (Å²) in [5, 5.41) is 31.8. The zero-order valence-electron chi connectivity index (χ0n) is 20.3. The number of aryl methyl sites for hydroxylation is 1. The first-order valence-electron chi connectivity index (χ1n) is 10.2. The van der Waals surface area contributed by atoms with Gasteiger partial charge in [-0.1, -0.05) is 36.4 Å². The molecule has 4 rings (SSSR count). The second-order valence-corrected chi connectivity index (χ2v) is 7.52. The standard InChI is InChI=1S/C25H20N4O5.2Na/c1-15-19(14-28(26-15)20-10-6-17(7-11-20)24(31)32)4-3-5-22-16(2)27-29(23(22)30)21-12-8-18(9-13-21)25(33)34;;/h3-14H,1-2H3,(H,31,32)(H,33,34);;/q;2*+1/p-2. The van der Waals surface area contributed by atoms with Gasteiger partial charge in [-0.2, -0.15) is 15.2 Å². The summed E-state index contributed by atoms with van der Waals surface area (Å²) < 4.78 is 1.63. The van der Waals surface area contributed by atoms with Crippen molar-refractivity contribution in [2.24, 2.45) is 5.10 Å². The number of nitrogens with zero attached hydrogens (tertiary/aromatic N) is 4. The van der Waals surface area contributed by atoms with E-state index in [0.29, 0.717) is 22.7 Å². The quantitative estimate of drug-likeness (QED) is 0.247. The Hall–Kier alpha value is -2.79. The van der Waals surface area contributed by atoms with E-state index in [0.717, 1.165) is 11.3 Å². The number of hydrogen-bond acceptors (Lipinski definition) is 7. The van der Waals surface area contributed by atoms with E-state index in [9.17, 15) is 24.6 Å². The SMILES string of the molecule is CC1=NN(c2ccc(C(=O)[O-])cc2)C(=O)C1=CC=Cc1cn(-c2ccc(C(=O)[O-])cc2)nc1C.[Na+].[Na+]. The molecule has 1 aliphatic heterocycles. The Balaban J connectivity index is 0.00000228. The largest absolute Gasteiger partial charge is 1.00 e. The average Bonchev–Trinajstić information content (AvgIpc) is 3.33. The van der Waals surface area contributed by atoms with Gasteiger partial charge in [0.1, 0.15) is 0 Å². The summed E-state index contributed by atoms with van der Waals surface area (Å²) in [4.78, 5) is 34.7. The van der Waals surface area contributed by atoms with Gasteiger partial charge in [0.2, 0.25) is 0 Å². The maximum Gasteiger partial charge on any atom is 1.00 e. The summed E-state index contributed by atoms with van der Waals surface area (Å²) in [6.07, 6.45) is 6.98. The minimum atomic E-state index is -1.29. The fraction of sp³-hybridized carbons (Fsp3) is 0.0800. The third-order valence-electron chi connectivity index (χ3n) is 5.25. The minimum absolute atomic E-state index is 0. The molecule has 1 amide bonds. The minimum Gasteiger partial charge on any atom is -0.545 e. The summed E-state index contributed by atoms with van der Waals surface area (Å²) in [6.45, 7) is 3.55. The van der Waals surface area contributed by atoms with Crippen molar-refractivity contribution in [3.63, 3.8) is 0 Å². The van der Waals surface area contributed by atoms with Crippen LogP contribution in [0, 0.1) is 6.92 Å². The van der Waals surface area contributed by atoms with Gasteiger partial charge in [0.15, 0.2) is 0 Å². The number of aromatic carboxylic acids is 2. The molecule has 170 valence electrons. The van der Waals surface area contributed by atoms with Gasteiger partial charge >= 0.3 is 59.1 Å². The molecule has 11 heteroatoms. The van der Waals surface area contributed by atoms with Crippen LogP contribution in [-0.4, -0.2) is 33.3 Å². The van der Waals surface area contributed by atoms with Crippen LogP contribution in [-0.2, 0) is 4.79 Å². The van der Waals surface area contributed by atoms with E-state index in [1.54, 1.807) is 48.2 Å². The van der Waals surface area contributed by atoms with Crippen LogP contribution in [0.5, 0.6) is 0 Å². The molecule has 1 aromatic heterocycles. The Morgan fingerprint density at radius 1 is 0.861 bits per heavy atom. The molecular weight excluding hydrogens is 482 g/mol. The van der Waals surface area contributed by atoms with Crippen LogP contribution < -0.4 is 74.3 Å². The predicted molar refractivity (Wildman–Crippen MR) is 121 cm³/mol. The second kappa shape index (κ2) is 12.4. The first-order valence-corrected chi connectivity index (χ1v) is 10.2. The number of benzene rings is 2. The number of carboxylic acids is 2. The van der Waals surface area contributed by atoms with Gasteiger partial charge in [-0.3, -0.25) is 4.79 Å². The maximum atomic E-state index is 12.8. The first-order chi connectivity index (χ1) is 16.2. The number of allylic oxidation sites excluding steroid dienone is 2. The third kappa shape index (κ3) is 6.31. The van der Waals surface area contributed by atoms with Crippen LogP contribution in [0.4, 0.5) is 5.69 Å². The fourth-order valence-electron chi connectivity index (χ4n) is 3.39.